The molecule has 0 radical (unpaired) electrons. The van der Waals surface area contributed by atoms with Crippen LogP contribution in [-0.4, -0.2) is 64.3 Å². The number of amides is 1. The number of hydrogen-bond donors (Lipinski definition) is 2. The second-order valence-corrected chi connectivity index (χ2v) is 13.9. The fourth-order valence-electron chi connectivity index (χ4n) is 4.97. The van der Waals surface area contributed by atoms with Crippen LogP contribution >= 0.6 is 11.6 Å². The molecule has 4 aromatic rings. The first-order valence-corrected chi connectivity index (χ1v) is 16.4. The zero-order valence-corrected chi connectivity index (χ0v) is 26.6. The van der Waals surface area contributed by atoms with Gasteiger partial charge in [0.25, 0.3) is 0 Å². The topological polar surface area (TPSA) is 136 Å². The van der Waals surface area contributed by atoms with Crippen molar-refractivity contribution in [2.24, 2.45) is 0 Å². The summed E-state index contributed by atoms with van der Waals surface area (Å²) in [6, 6.07) is 14.4. The molecule has 0 aliphatic carbocycles. The summed E-state index contributed by atoms with van der Waals surface area (Å²) in [4.78, 5) is 28.0. The lowest BCUT2D eigenvalue weighted by molar-refractivity contribution is 0.0206. The van der Waals surface area contributed by atoms with Crippen molar-refractivity contribution in [1.82, 2.24) is 19.9 Å². The van der Waals surface area contributed by atoms with Crippen LogP contribution in [-0.2, 0) is 14.8 Å². The van der Waals surface area contributed by atoms with Gasteiger partial charge in [0.05, 0.1) is 16.9 Å². The van der Waals surface area contributed by atoms with E-state index in [0.29, 0.717) is 58.4 Å². The molecule has 1 unspecified atom stereocenters. The summed E-state index contributed by atoms with van der Waals surface area (Å²) in [5.41, 5.74) is 1.91. The number of aryl methyl sites for hydroxylation is 1. The average molecular weight is 639 g/mol. The molecule has 1 aliphatic rings. The number of rotatable bonds is 8. The average Bonchev–Trinajstić information content (AvgIpc) is 2.98. The Morgan fingerprint density at radius 1 is 1.07 bits per heavy atom. The Balaban J connectivity index is 1.40. The minimum Gasteiger partial charge on any atom is -0.444 e. The van der Waals surface area contributed by atoms with Gasteiger partial charge in [-0.2, -0.15) is 0 Å². The Labute approximate surface area is 262 Å². The fraction of sp³-hybridized carbons (Fsp3) is 0.355. The van der Waals surface area contributed by atoms with E-state index in [1.54, 1.807) is 41.6 Å². The highest BCUT2D eigenvalue weighted by Crippen LogP contribution is 2.39. The number of benzene rings is 2. The molecule has 1 fully saturated rings. The van der Waals surface area contributed by atoms with E-state index >= 15 is 0 Å². The lowest BCUT2D eigenvalue weighted by atomic mass is 10.0. The van der Waals surface area contributed by atoms with Gasteiger partial charge in [0.2, 0.25) is 21.9 Å². The number of sulfonamides is 1. The lowest BCUT2D eigenvalue weighted by Crippen LogP contribution is -2.47. The van der Waals surface area contributed by atoms with Gasteiger partial charge in [-0.15, -0.1) is 11.6 Å². The predicted octanol–water partition coefficient (Wildman–Crippen LogP) is 6.54. The molecule has 232 valence electrons. The highest BCUT2D eigenvalue weighted by molar-refractivity contribution is 7.93. The number of halogens is 1. The van der Waals surface area contributed by atoms with Crippen molar-refractivity contribution >= 4 is 50.1 Å². The fourth-order valence-corrected chi connectivity index (χ4v) is 5.70. The maximum atomic E-state index is 12.6. The van der Waals surface area contributed by atoms with Crippen LogP contribution in [0.15, 0.2) is 60.9 Å². The molecule has 1 amide bonds. The van der Waals surface area contributed by atoms with Crippen molar-refractivity contribution in [1.29, 1.82) is 0 Å². The van der Waals surface area contributed by atoms with Crippen molar-refractivity contribution in [3.63, 3.8) is 0 Å². The van der Waals surface area contributed by atoms with Gasteiger partial charge < -0.3 is 19.7 Å². The van der Waals surface area contributed by atoms with E-state index in [0.717, 1.165) is 18.4 Å². The Morgan fingerprint density at radius 3 is 2.66 bits per heavy atom. The first kappa shape index (κ1) is 31.3. The van der Waals surface area contributed by atoms with Gasteiger partial charge in [-0.3, -0.25) is 4.72 Å². The molecule has 2 N–H and O–H groups in total. The van der Waals surface area contributed by atoms with Crippen LogP contribution in [0, 0.1) is 6.92 Å². The summed E-state index contributed by atoms with van der Waals surface area (Å²) in [5, 5.41) is 4.17. The number of fused-ring (bicyclic) bond motifs is 1. The summed E-state index contributed by atoms with van der Waals surface area (Å²) >= 11 is 5.62. The Kier molecular flexibility index (Phi) is 9.12. The lowest BCUT2D eigenvalue weighted by Gasteiger charge is -2.34. The van der Waals surface area contributed by atoms with E-state index in [1.807, 2.05) is 52.0 Å². The van der Waals surface area contributed by atoms with Crippen LogP contribution in [0.3, 0.4) is 0 Å². The van der Waals surface area contributed by atoms with E-state index in [9.17, 15) is 13.2 Å². The van der Waals surface area contributed by atoms with Gasteiger partial charge in [0, 0.05) is 42.3 Å². The number of nitrogens with zero attached hydrogens (tertiary/aromatic N) is 4. The summed E-state index contributed by atoms with van der Waals surface area (Å²) in [7, 11) is -3.70. The number of anilines is 2. The van der Waals surface area contributed by atoms with E-state index < -0.39 is 20.8 Å². The van der Waals surface area contributed by atoms with E-state index in [-0.39, 0.29) is 12.1 Å². The van der Waals surface area contributed by atoms with E-state index in [4.69, 9.17) is 26.1 Å². The SMILES string of the molecule is Cc1ccc2c(NS(=O)(=O)CCl)cccc2c1Oc1ncccc1-c1ccnc(NC2CCCN(C(=O)OC(C)(C)C)C2)n1. The van der Waals surface area contributed by atoms with E-state index in [1.165, 1.54) is 0 Å². The van der Waals surface area contributed by atoms with Gasteiger partial charge in [-0.25, -0.2) is 28.2 Å². The first-order chi connectivity index (χ1) is 20.9. The van der Waals surface area contributed by atoms with Gasteiger partial charge in [0.1, 0.15) is 16.6 Å². The Bertz CT molecular complexity index is 1780. The number of carbonyl (C=O) groups is 1. The van der Waals surface area contributed by atoms with E-state index in [2.05, 4.69) is 20.0 Å². The number of aromatic nitrogens is 3. The van der Waals surface area contributed by atoms with Crippen molar-refractivity contribution in [2.75, 3.05) is 28.3 Å². The normalized spacial score (nSPS) is 15.6. The zero-order valence-electron chi connectivity index (χ0n) is 25.0. The molecule has 44 heavy (non-hydrogen) atoms. The predicted molar refractivity (Wildman–Crippen MR) is 172 cm³/mol. The smallest absolute Gasteiger partial charge is 0.410 e. The maximum Gasteiger partial charge on any atom is 0.410 e. The number of piperidine rings is 1. The molecule has 2 aromatic heterocycles. The molecule has 1 atom stereocenters. The summed E-state index contributed by atoms with van der Waals surface area (Å²) in [6.45, 7) is 8.58. The minimum atomic E-state index is -3.70. The molecule has 1 saturated heterocycles. The molecule has 0 spiro atoms. The monoisotopic (exact) mass is 638 g/mol. The van der Waals surface area contributed by atoms with Crippen LogP contribution in [0.2, 0.25) is 0 Å². The van der Waals surface area contributed by atoms with Gasteiger partial charge >= 0.3 is 6.09 Å². The number of carbonyl (C=O) groups excluding carboxylic acids is 1. The number of ether oxygens (including phenoxy) is 2. The van der Waals surface area contributed by atoms with Crippen LogP contribution in [0.25, 0.3) is 22.0 Å². The minimum absolute atomic E-state index is 0.0418. The molecule has 0 bridgehead atoms. The third-order valence-corrected chi connectivity index (χ3v) is 8.61. The van der Waals surface area contributed by atoms with Crippen molar-refractivity contribution in [3.05, 3.63) is 66.5 Å². The summed E-state index contributed by atoms with van der Waals surface area (Å²) in [5.74, 6) is 1.28. The molecule has 11 nitrogen and oxygen atoms in total. The van der Waals surface area contributed by atoms with Gasteiger partial charge in [-0.1, -0.05) is 24.3 Å². The van der Waals surface area contributed by atoms with Gasteiger partial charge in [-0.05, 0) is 70.4 Å². The van der Waals surface area contributed by atoms with Gasteiger partial charge in [0.15, 0.2) is 0 Å². The first-order valence-electron chi connectivity index (χ1n) is 14.2. The second kappa shape index (κ2) is 12.8. The maximum absolute atomic E-state index is 12.6. The molecular formula is C31H35ClN6O5S. The highest BCUT2D eigenvalue weighted by atomic mass is 35.5. The molecule has 2 aromatic carbocycles. The number of alkyl halides is 1. The Hall–Kier alpha value is -4.16. The largest absolute Gasteiger partial charge is 0.444 e. The number of nitrogens with one attached hydrogen (secondary N) is 2. The zero-order chi connectivity index (χ0) is 31.5. The number of likely N-dealkylation sites (tertiary alicyclic amines) is 1. The quantitative estimate of drug-likeness (QED) is 0.206. The van der Waals surface area contributed by atoms with Crippen LogP contribution in [0.5, 0.6) is 11.6 Å². The van der Waals surface area contributed by atoms with Crippen molar-refractivity contribution in [2.45, 2.75) is 52.2 Å². The van der Waals surface area contributed by atoms with Crippen LogP contribution < -0.4 is 14.8 Å². The third-order valence-electron chi connectivity index (χ3n) is 6.93. The Morgan fingerprint density at radius 2 is 1.89 bits per heavy atom. The summed E-state index contributed by atoms with van der Waals surface area (Å²) < 4.78 is 38.9. The number of pyridine rings is 1. The molecule has 3 heterocycles. The third kappa shape index (κ3) is 7.48. The molecule has 0 saturated carbocycles. The molecule has 13 heteroatoms. The van der Waals surface area contributed by atoms with Crippen molar-refractivity contribution in [3.8, 4) is 22.9 Å². The highest BCUT2D eigenvalue weighted by Gasteiger charge is 2.28. The van der Waals surface area contributed by atoms with Crippen LogP contribution in [0.1, 0.15) is 39.2 Å². The molecule has 5 rings (SSSR count). The standard InChI is InChI=1S/C31H35ClN6O5S/c1-20-12-13-22-23(9-5-11-26(22)37-44(40,41)19-32)27(20)42-28-24(10-6-15-33-28)25-14-16-34-29(36-25)35-21-8-7-17-38(18-21)30(39)43-31(2,3)4/h5-6,9-16,21,37H,7-8,17-19H2,1-4H3,(H,34,35,36). The molecule has 1 aliphatic heterocycles. The number of hydrogen-bond acceptors (Lipinski definition) is 9. The second-order valence-electron chi connectivity index (χ2n) is 11.6. The molecular weight excluding hydrogens is 604 g/mol. The summed E-state index contributed by atoms with van der Waals surface area (Å²) in [6.07, 6.45) is 4.65. The van der Waals surface area contributed by atoms with Crippen LogP contribution in [0.4, 0.5) is 16.4 Å². The van der Waals surface area contributed by atoms with Crippen molar-refractivity contribution < 1.29 is 22.7 Å².